The van der Waals surface area contributed by atoms with Crippen LogP contribution in [-0.2, 0) is 11.3 Å². The monoisotopic (exact) mass is 326 g/mol. The summed E-state index contributed by atoms with van der Waals surface area (Å²) in [5, 5.41) is 0. The van der Waals surface area contributed by atoms with E-state index in [4.69, 9.17) is 9.47 Å². The molecule has 2 heterocycles. The third-order valence-corrected chi connectivity index (χ3v) is 4.45. The van der Waals surface area contributed by atoms with Crippen LogP contribution in [0.2, 0.25) is 0 Å². The van der Waals surface area contributed by atoms with Gasteiger partial charge in [-0.15, -0.1) is 0 Å². The van der Waals surface area contributed by atoms with E-state index in [0.717, 1.165) is 18.7 Å². The quantitative estimate of drug-likeness (QED) is 0.811. The fraction of sp³-hybridized carbons (Fsp3) is 0.316. The maximum atomic E-state index is 12.6. The van der Waals surface area contributed by atoms with Crippen molar-refractivity contribution in [2.75, 3.05) is 20.8 Å². The maximum absolute atomic E-state index is 12.6. The van der Waals surface area contributed by atoms with Gasteiger partial charge in [-0.3, -0.25) is 4.79 Å². The summed E-state index contributed by atoms with van der Waals surface area (Å²) in [6.45, 7) is 3.62. The van der Waals surface area contributed by atoms with Crippen LogP contribution in [0.4, 0.5) is 0 Å². The van der Waals surface area contributed by atoms with Crippen LogP contribution in [0.15, 0.2) is 42.6 Å². The number of hydrogen-bond donors (Lipinski definition) is 0. The first-order valence-corrected chi connectivity index (χ1v) is 8.00. The molecule has 1 amide bonds. The van der Waals surface area contributed by atoms with E-state index in [1.165, 1.54) is 5.69 Å². The van der Waals surface area contributed by atoms with Gasteiger partial charge in [-0.25, -0.2) is 0 Å². The van der Waals surface area contributed by atoms with E-state index >= 15 is 0 Å². The number of carbonyl (C=O) groups excluding carboxylic acids is 1. The van der Waals surface area contributed by atoms with Gasteiger partial charge < -0.3 is 18.9 Å². The molecule has 5 heteroatoms. The average molecular weight is 326 g/mol. The van der Waals surface area contributed by atoms with Crippen LogP contribution in [-0.4, -0.2) is 36.1 Å². The van der Waals surface area contributed by atoms with E-state index in [0.29, 0.717) is 11.5 Å². The van der Waals surface area contributed by atoms with Crippen LogP contribution in [0.5, 0.6) is 11.5 Å². The van der Waals surface area contributed by atoms with Crippen LogP contribution >= 0.6 is 0 Å². The molecule has 0 spiro atoms. The van der Waals surface area contributed by atoms with E-state index in [-0.39, 0.29) is 11.9 Å². The van der Waals surface area contributed by atoms with Crippen molar-refractivity contribution in [3.8, 4) is 11.5 Å². The second kappa shape index (κ2) is 6.83. The van der Waals surface area contributed by atoms with Gasteiger partial charge in [-0.2, -0.15) is 0 Å². The first-order chi connectivity index (χ1) is 11.6. The lowest BCUT2D eigenvalue weighted by atomic mass is 10.1. The molecule has 0 unspecified atom stereocenters. The lowest BCUT2D eigenvalue weighted by Gasteiger charge is -2.34. The molecule has 0 radical (unpaired) electrons. The first kappa shape index (κ1) is 16.2. The number of hydrogen-bond acceptors (Lipinski definition) is 3. The fourth-order valence-electron chi connectivity index (χ4n) is 3.10. The highest BCUT2D eigenvalue weighted by Gasteiger charge is 2.25. The zero-order chi connectivity index (χ0) is 17.1. The van der Waals surface area contributed by atoms with Crippen LogP contribution in [0.1, 0.15) is 24.2 Å². The normalized spacial score (nSPS) is 17.0. The topological polar surface area (TPSA) is 43.7 Å². The number of carbonyl (C=O) groups is 1. The van der Waals surface area contributed by atoms with Gasteiger partial charge in [0.15, 0.2) is 11.5 Å². The number of amides is 1. The van der Waals surface area contributed by atoms with E-state index in [1.54, 1.807) is 20.3 Å². The summed E-state index contributed by atoms with van der Waals surface area (Å²) in [4.78, 5) is 14.5. The minimum Gasteiger partial charge on any atom is -0.493 e. The van der Waals surface area contributed by atoms with Crippen molar-refractivity contribution < 1.29 is 14.3 Å². The van der Waals surface area contributed by atoms with E-state index in [9.17, 15) is 4.79 Å². The highest BCUT2D eigenvalue weighted by Crippen LogP contribution is 2.28. The molecule has 126 valence electrons. The molecule has 1 aliphatic heterocycles. The van der Waals surface area contributed by atoms with Crippen molar-refractivity contribution in [3.05, 3.63) is 53.9 Å². The van der Waals surface area contributed by atoms with Crippen molar-refractivity contribution in [1.82, 2.24) is 9.47 Å². The van der Waals surface area contributed by atoms with Gasteiger partial charge in [0.05, 0.1) is 20.3 Å². The molecule has 0 aliphatic carbocycles. The van der Waals surface area contributed by atoms with E-state index < -0.39 is 0 Å². The van der Waals surface area contributed by atoms with E-state index in [2.05, 4.69) is 23.8 Å². The molecular weight excluding hydrogens is 304 g/mol. The molecule has 5 nitrogen and oxygen atoms in total. The van der Waals surface area contributed by atoms with Crippen molar-refractivity contribution in [3.63, 3.8) is 0 Å². The van der Waals surface area contributed by atoms with Crippen molar-refractivity contribution in [2.45, 2.75) is 19.5 Å². The molecule has 3 rings (SSSR count). The SMILES string of the molecule is COc1ccc(/C=C\C(=O)N2CCn3cccc3[C@@H]2C)cc1OC. The maximum Gasteiger partial charge on any atom is 0.247 e. The predicted molar refractivity (Wildman–Crippen MR) is 93.1 cm³/mol. The molecule has 1 aromatic heterocycles. The molecule has 0 saturated carbocycles. The summed E-state index contributed by atoms with van der Waals surface area (Å²) in [5.41, 5.74) is 2.07. The Balaban J connectivity index is 1.74. The van der Waals surface area contributed by atoms with Crippen molar-refractivity contribution in [2.24, 2.45) is 0 Å². The number of ether oxygens (including phenoxy) is 2. The summed E-state index contributed by atoms with van der Waals surface area (Å²) >= 11 is 0. The minimum atomic E-state index is 0.0183. The van der Waals surface area contributed by atoms with Crippen molar-refractivity contribution in [1.29, 1.82) is 0 Å². The third kappa shape index (κ3) is 3.02. The van der Waals surface area contributed by atoms with E-state index in [1.807, 2.05) is 35.2 Å². The van der Waals surface area contributed by atoms with Crippen LogP contribution < -0.4 is 9.47 Å². The summed E-state index contributed by atoms with van der Waals surface area (Å²) in [6.07, 6.45) is 5.49. The Labute approximate surface area is 142 Å². The fourth-order valence-corrected chi connectivity index (χ4v) is 3.10. The first-order valence-electron chi connectivity index (χ1n) is 8.00. The number of methoxy groups -OCH3 is 2. The Hall–Kier alpha value is -2.69. The number of fused-ring (bicyclic) bond motifs is 1. The summed E-state index contributed by atoms with van der Waals surface area (Å²) in [7, 11) is 3.20. The summed E-state index contributed by atoms with van der Waals surface area (Å²) in [6, 6.07) is 9.76. The average Bonchev–Trinajstić information content (AvgIpc) is 3.09. The van der Waals surface area contributed by atoms with Gasteiger partial charge in [0.25, 0.3) is 0 Å². The van der Waals surface area contributed by atoms with Gasteiger partial charge in [-0.1, -0.05) is 6.07 Å². The third-order valence-electron chi connectivity index (χ3n) is 4.45. The molecule has 1 atom stereocenters. The van der Waals surface area contributed by atoms with Gasteiger partial charge in [-0.05, 0) is 42.8 Å². The molecule has 0 fully saturated rings. The second-order valence-corrected chi connectivity index (χ2v) is 5.78. The number of benzene rings is 1. The predicted octanol–water partition coefficient (Wildman–Crippen LogP) is 3.12. The molecule has 2 aromatic rings. The lowest BCUT2D eigenvalue weighted by molar-refractivity contribution is -0.129. The zero-order valence-corrected chi connectivity index (χ0v) is 14.2. The smallest absolute Gasteiger partial charge is 0.247 e. The Morgan fingerprint density at radius 1 is 1.17 bits per heavy atom. The highest BCUT2D eigenvalue weighted by molar-refractivity contribution is 5.92. The molecule has 0 bridgehead atoms. The Morgan fingerprint density at radius 3 is 2.71 bits per heavy atom. The van der Waals surface area contributed by atoms with Crippen LogP contribution in [0.25, 0.3) is 6.08 Å². The molecular formula is C19H22N2O3. The lowest BCUT2D eigenvalue weighted by Crippen LogP contribution is -2.39. The summed E-state index contributed by atoms with van der Waals surface area (Å²) in [5.74, 6) is 1.34. The van der Waals surface area contributed by atoms with Crippen LogP contribution in [0, 0.1) is 0 Å². The van der Waals surface area contributed by atoms with Gasteiger partial charge in [0, 0.05) is 31.1 Å². The number of aromatic nitrogens is 1. The molecule has 1 aromatic carbocycles. The van der Waals surface area contributed by atoms with Crippen LogP contribution in [0.3, 0.4) is 0 Å². The Kier molecular flexibility index (Phi) is 4.60. The summed E-state index contributed by atoms with van der Waals surface area (Å²) < 4.78 is 12.7. The number of rotatable bonds is 4. The molecule has 0 saturated heterocycles. The molecule has 1 aliphatic rings. The second-order valence-electron chi connectivity index (χ2n) is 5.78. The standard InChI is InChI=1S/C19H22N2O3/c1-14-16-5-4-10-20(16)11-12-21(14)19(22)9-7-15-6-8-17(23-2)18(13-15)24-3/h4-10,13-14H,11-12H2,1-3H3/b9-7-/t14-/m0/s1. The largest absolute Gasteiger partial charge is 0.493 e. The minimum absolute atomic E-state index is 0.0183. The Morgan fingerprint density at radius 2 is 1.96 bits per heavy atom. The van der Waals surface area contributed by atoms with Gasteiger partial charge in [0.1, 0.15) is 0 Å². The van der Waals surface area contributed by atoms with Gasteiger partial charge in [0.2, 0.25) is 5.91 Å². The van der Waals surface area contributed by atoms with Crippen molar-refractivity contribution >= 4 is 12.0 Å². The molecule has 0 N–H and O–H groups in total. The zero-order valence-electron chi connectivity index (χ0n) is 14.2. The number of nitrogens with zero attached hydrogens (tertiary/aromatic N) is 2. The van der Waals surface area contributed by atoms with Gasteiger partial charge >= 0.3 is 0 Å². The highest BCUT2D eigenvalue weighted by atomic mass is 16.5. The Bertz CT molecular complexity index is 764. The molecule has 24 heavy (non-hydrogen) atoms.